The molecule has 3 nitrogen and oxygen atoms in total. The summed E-state index contributed by atoms with van der Waals surface area (Å²) in [6.45, 7) is 0. The average molecular weight is 694 g/mol. The average Bonchev–Trinajstić information content (AvgIpc) is 3.53. The van der Waals surface area contributed by atoms with Crippen LogP contribution in [0.15, 0.2) is 176 Å². The molecular formula is C51H39N3. The van der Waals surface area contributed by atoms with E-state index in [9.17, 15) is 0 Å². The van der Waals surface area contributed by atoms with E-state index in [1.807, 2.05) is 60.7 Å². The number of benzene rings is 7. The smallest absolute Gasteiger partial charge is 0.164 e. The molecule has 1 heterocycles. The van der Waals surface area contributed by atoms with E-state index in [1.54, 1.807) is 5.56 Å². The molecule has 2 aliphatic carbocycles. The van der Waals surface area contributed by atoms with Crippen LogP contribution in [0.5, 0.6) is 0 Å². The zero-order chi connectivity index (χ0) is 35.9. The van der Waals surface area contributed by atoms with Crippen molar-refractivity contribution in [3.63, 3.8) is 0 Å². The largest absolute Gasteiger partial charge is 0.208 e. The van der Waals surface area contributed by atoms with Crippen LogP contribution in [0.1, 0.15) is 43.2 Å². The van der Waals surface area contributed by atoms with E-state index in [1.165, 1.54) is 76.6 Å². The first-order valence-corrected chi connectivity index (χ1v) is 19.2. The quantitative estimate of drug-likeness (QED) is 0.174. The molecule has 0 atom stereocenters. The van der Waals surface area contributed by atoms with Crippen LogP contribution in [0.2, 0.25) is 0 Å². The Kier molecular flexibility index (Phi) is 8.06. The van der Waals surface area contributed by atoms with Crippen LogP contribution in [0.4, 0.5) is 0 Å². The number of hydrogen-bond acceptors (Lipinski definition) is 3. The summed E-state index contributed by atoms with van der Waals surface area (Å²) in [6, 6.07) is 63.0. The second-order valence-corrected chi connectivity index (χ2v) is 14.7. The Hall–Kier alpha value is -6.45. The van der Waals surface area contributed by atoms with Gasteiger partial charge in [-0.1, -0.05) is 189 Å². The fourth-order valence-electron chi connectivity index (χ4n) is 8.95. The number of nitrogens with zero attached hydrogens (tertiary/aromatic N) is 3. The lowest BCUT2D eigenvalue weighted by molar-refractivity contribution is 0.353. The highest BCUT2D eigenvalue weighted by atomic mass is 15.0. The van der Waals surface area contributed by atoms with Crippen molar-refractivity contribution in [3.05, 3.63) is 187 Å². The highest BCUT2D eigenvalue weighted by molar-refractivity contribution is 5.89. The van der Waals surface area contributed by atoms with Crippen LogP contribution < -0.4 is 0 Å². The summed E-state index contributed by atoms with van der Waals surface area (Å²) in [4.78, 5) is 14.7. The molecule has 0 saturated heterocycles. The summed E-state index contributed by atoms with van der Waals surface area (Å²) in [5.74, 6) is 1.99. The van der Waals surface area contributed by atoms with Gasteiger partial charge in [-0.25, -0.2) is 15.0 Å². The fraction of sp³-hybridized carbons (Fsp3) is 0.118. The molecular weight excluding hydrogens is 655 g/mol. The predicted molar refractivity (Wildman–Crippen MR) is 222 cm³/mol. The van der Waals surface area contributed by atoms with Gasteiger partial charge in [0.15, 0.2) is 17.5 Å². The first-order valence-electron chi connectivity index (χ1n) is 19.2. The first-order chi connectivity index (χ1) is 26.7. The number of fused-ring (bicyclic) bond motifs is 5. The SMILES string of the molecule is c1ccc(-c2nc(-c3ccccc3)nc(-c3ccc(-c4cccc(-c5ccc(-c6cccc7c6C6(CCCCC6)c6ccccc6-7)cc5)c4)cc3)n2)cc1. The van der Waals surface area contributed by atoms with Crippen molar-refractivity contribution in [2.24, 2.45) is 0 Å². The van der Waals surface area contributed by atoms with E-state index in [2.05, 4.69) is 115 Å². The molecule has 7 aromatic carbocycles. The lowest BCUT2D eigenvalue weighted by atomic mass is 9.66. The molecule has 0 amide bonds. The maximum atomic E-state index is 4.92. The summed E-state index contributed by atoms with van der Waals surface area (Å²) >= 11 is 0. The highest BCUT2D eigenvalue weighted by Gasteiger charge is 2.45. The molecule has 0 N–H and O–H groups in total. The number of rotatable bonds is 6. The van der Waals surface area contributed by atoms with Crippen LogP contribution in [-0.4, -0.2) is 15.0 Å². The Balaban J connectivity index is 0.951. The molecule has 2 aliphatic rings. The van der Waals surface area contributed by atoms with Gasteiger partial charge in [0.2, 0.25) is 0 Å². The lowest BCUT2D eigenvalue weighted by Crippen LogP contribution is -2.28. The van der Waals surface area contributed by atoms with Gasteiger partial charge in [-0.05, 0) is 74.5 Å². The maximum Gasteiger partial charge on any atom is 0.164 e. The van der Waals surface area contributed by atoms with Crippen molar-refractivity contribution < 1.29 is 0 Å². The Morgan fingerprint density at radius 1 is 0.315 bits per heavy atom. The molecule has 258 valence electrons. The number of aromatic nitrogens is 3. The van der Waals surface area contributed by atoms with E-state index in [-0.39, 0.29) is 5.41 Å². The van der Waals surface area contributed by atoms with Gasteiger partial charge in [0.25, 0.3) is 0 Å². The van der Waals surface area contributed by atoms with Crippen molar-refractivity contribution in [2.45, 2.75) is 37.5 Å². The normalized spacial score (nSPS) is 14.1. The molecule has 1 spiro atoms. The summed E-state index contributed by atoms with van der Waals surface area (Å²) in [5.41, 5.74) is 16.4. The summed E-state index contributed by atoms with van der Waals surface area (Å²) in [6.07, 6.45) is 6.39. The zero-order valence-corrected chi connectivity index (χ0v) is 30.1. The third kappa shape index (κ3) is 5.64. The summed E-state index contributed by atoms with van der Waals surface area (Å²) < 4.78 is 0. The molecule has 1 aromatic heterocycles. The standard InChI is InChI=1S/C51H39N3/c1-4-14-38(15-5-1)48-52-49(39-16-6-2-7-17-39)54-50(53-48)40-30-26-36(27-31-40)42-19-12-18-41(34-42)35-24-28-37(29-25-35)43-21-13-22-45-44-20-8-9-23-46(44)51(47(43)45)32-10-3-11-33-51/h1-2,4-9,12-31,34H,3,10-11,32-33H2. The Morgan fingerprint density at radius 2 is 0.741 bits per heavy atom. The van der Waals surface area contributed by atoms with Crippen LogP contribution in [-0.2, 0) is 5.41 Å². The molecule has 54 heavy (non-hydrogen) atoms. The second kappa shape index (κ2) is 13.5. The molecule has 0 radical (unpaired) electrons. The number of hydrogen-bond donors (Lipinski definition) is 0. The topological polar surface area (TPSA) is 38.7 Å². The lowest BCUT2D eigenvalue weighted by Gasteiger charge is -2.37. The van der Waals surface area contributed by atoms with Crippen molar-refractivity contribution in [1.29, 1.82) is 0 Å². The van der Waals surface area contributed by atoms with E-state index >= 15 is 0 Å². The van der Waals surface area contributed by atoms with Gasteiger partial charge >= 0.3 is 0 Å². The van der Waals surface area contributed by atoms with Crippen molar-refractivity contribution in [3.8, 4) is 78.7 Å². The Labute approximate surface area is 317 Å². The van der Waals surface area contributed by atoms with Crippen LogP contribution in [0, 0.1) is 0 Å². The van der Waals surface area contributed by atoms with Gasteiger partial charge in [-0.2, -0.15) is 0 Å². The van der Waals surface area contributed by atoms with Gasteiger partial charge in [0, 0.05) is 22.1 Å². The van der Waals surface area contributed by atoms with Crippen LogP contribution in [0.25, 0.3) is 78.7 Å². The van der Waals surface area contributed by atoms with Gasteiger partial charge < -0.3 is 0 Å². The molecule has 10 rings (SSSR count). The molecule has 1 saturated carbocycles. The molecule has 8 aromatic rings. The second-order valence-electron chi connectivity index (χ2n) is 14.7. The summed E-state index contributed by atoms with van der Waals surface area (Å²) in [5, 5.41) is 0. The van der Waals surface area contributed by atoms with Gasteiger partial charge in [0.1, 0.15) is 0 Å². The van der Waals surface area contributed by atoms with E-state index in [0.29, 0.717) is 17.5 Å². The minimum absolute atomic E-state index is 0.126. The molecule has 0 bridgehead atoms. The minimum Gasteiger partial charge on any atom is -0.208 e. The monoisotopic (exact) mass is 693 g/mol. The zero-order valence-electron chi connectivity index (χ0n) is 30.1. The maximum absolute atomic E-state index is 4.92. The third-order valence-corrected chi connectivity index (χ3v) is 11.6. The van der Waals surface area contributed by atoms with Gasteiger partial charge in [-0.15, -0.1) is 0 Å². The molecule has 0 aliphatic heterocycles. The first kappa shape index (κ1) is 32.2. The van der Waals surface area contributed by atoms with E-state index in [4.69, 9.17) is 15.0 Å². The minimum atomic E-state index is 0.126. The van der Waals surface area contributed by atoms with Crippen molar-refractivity contribution in [1.82, 2.24) is 15.0 Å². The Morgan fingerprint density at radius 3 is 1.33 bits per heavy atom. The fourth-order valence-corrected chi connectivity index (χ4v) is 8.95. The van der Waals surface area contributed by atoms with Crippen molar-refractivity contribution >= 4 is 0 Å². The van der Waals surface area contributed by atoms with E-state index < -0.39 is 0 Å². The highest BCUT2D eigenvalue weighted by Crippen LogP contribution is 2.58. The van der Waals surface area contributed by atoms with Crippen LogP contribution in [0.3, 0.4) is 0 Å². The molecule has 0 unspecified atom stereocenters. The van der Waals surface area contributed by atoms with Crippen molar-refractivity contribution in [2.75, 3.05) is 0 Å². The van der Waals surface area contributed by atoms with Gasteiger partial charge in [0.05, 0.1) is 0 Å². The Bertz CT molecular complexity index is 2550. The third-order valence-electron chi connectivity index (χ3n) is 11.6. The van der Waals surface area contributed by atoms with E-state index in [0.717, 1.165) is 22.3 Å². The molecule has 1 fully saturated rings. The predicted octanol–water partition coefficient (Wildman–Crippen LogP) is 13.1. The van der Waals surface area contributed by atoms with Crippen LogP contribution >= 0.6 is 0 Å². The van der Waals surface area contributed by atoms with Gasteiger partial charge in [-0.3, -0.25) is 0 Å². The molecule has 3 heteroatoms. The summed E-state index contributed by atoms with van der Waals surface area (Å²) in [7, 11) is 0.